The Balaban J connectivity index is 1.88. The summed E-state index contributed by atoms with van der Waals surface area (Å²) < 4.78 is 0. The van der Waals surface area contributed by atoms with E-state index in [0.717, 1.165) is 12.0 Å². The Morgan fingerprint density at radius 2 is 1.20 bits per heavy atom. The van der Waals surface area contributed by atoms with Crippen LogP contribution >= 0.6 is 0 Å². The Morgan fingerprint density at radius 1 is 0.733 bits per heavy atom. The van der Waals surface area contributed by atoms with Crippen molar-refractivity contribution in [1.82, 2.24) is 0 Å². The smallest absolute Gasteiger partial charge is 0.158 e. The average Bonchev–Trinajstić information content (AvgIpc) is 3.13. The first-order valence-corrected chi connectivity index (χ1v) is 12.9. The largest absolute Gasteiger partial charge is 0.295 e. The summed E-state index contributed by atoms with van der Waals surface area (Å²) in [6.07, 6.45) is 1.46. The fourth-order valence-corrected chi connectivity index (χ4v) is 10.1. The second-order valence-corrected chi connectivity index (χ2v) is 14.0. The van der Waals surface area contributed by atoms with Crippen molar-refractivity contribution >= 4 is 24.2 Å². The van der Waals surface area contributed by atoms with E-state index in [1.165, 1.54) is 15.9 Å². The molecule has 0 amide bonds. The summed E-state index contributed by atoms with van der Waals surface area (Å²) in [7, 11) is -2.37. The Morgan fingerprint density at radius 3 is 1.67 bits per heavy atom. The van der Waals surface area contributed by atoms with Crippen molar-refractivity contribution in [2.75, 3.05) is 0 Å². The molecule has 152 valence electrons. The molecule has 0 bridgehead atoms. The number of carbonyl (C=O) groups is 1. The molecule has 1 unspecified atom stereocenters. The average molecular weight is 411 g/mol. The van der Waals surface area contributed by atoms with E-state index in [0.29, 0.717) is 18.1 Å². The molecule has 0 aliphatic heterocycles. The van der Waals surface area contributed by atoms with Crippen LogP contribution in [0.1, 0.15) is 45.1 Å². The maximum atomic E-state index is 13.2. The van der Waals surface area contributed by atoms with Crippen molar-refractivity contribution in [1.29, 1.82) is 0 Å². The van der Waals surface area contributed by atoms with E-state index in [-0.39, 0.29) is 5.04 Å². The molecule has 1 nitrogen and oxygen atoms in total. The SMILES string of the molecule is CC(C)(C)[Si](/C=C1\CC(c2ccccc2)CC1=O)(c1ccccc1)c1ccccc1. The van der Waals surface area contributed by atoms with Gasteiger partial charge in [-0.05, 0) is 38.9 Å². The first kappa shape index (κ1) is 20.6. The van der Waals surface area contributed by atoms with Crippen LogP contribution in [0.2, 0.25) is 5.04 Å². The highest BCUT2D eigenvalue weighted by molar-refractivity contribution is 7.08. The highest BCUT2D eigenvalue weighted by atomic mass is 28.3. The van der Waals surface area contributed by atoms with Gasteiger partial charge in [0, 0.05) is 6.42 Å². The zero-order valence-corrected chi connectivity index (χ0v) is 19.1. The zero-order valence-electron chi connectivity index (χ0n) is 18.1. The highest BCUT2D eigenvalue weighted by Gasteiger charge is 2.47. The number of hydrogen-bond donors (Lipinski definition) is 0. The van der Waals surface area contributed by atoms with Crippen LogP contribution in [0, 0.1) is 0 Å². The molecular formula is C28H30OSi. The number of benzene rings is 3. The molecule has 1 saturated carbocycles. The van der Waals surface area contributed by atoms with E-state index in [9.17, 15) is 4.79 Å². The summed E-state index contributed by atoms with van der Waals surface area (Å²) in [5.41, 5.74) is 4.73. The van der Waals surface area contributed by atoms with Crippen molar-refractivity contribution in [3.63, 3.8) is 0 Å². The molecule has 0 saturated heterocycles. The van der Waals surface area contributed by atoms with Gasteiger partial charge in [-0.3, -0.25) is 4.79 Å². The lowest BCUT2D eigenvalue weighted by molar-refractivity contribution is -0.114. The lowest BCUT2D eigenvalue weighted by Crippen LogP contribution is -2.63. The van der Waals surface area contributed by atoms with Gasteiger partial charge in [-0.25, -0.2) is 0 Å². The molecule has 3 aromatic rings. The summed E-state index contributed by atoms with van der Waals surface area (Å²) in [5.74, 6) is 0.611. The van der Waals surface area contributed by atoms with Crippen molar-refractivity contribution < 1.29 is 4.79 Å². The van der Waals surface area contributed by atoms with Crippen LogP contribution in [0.15, 0.2) is 102 Å². The number of ketones is 1. The number of allylic oxidation sites excluding steroid dienone is 1. The summed E-state index contributed by atoms with van der Waals surface area (Å²) in [6.45, 7) is 7.01. The van der Waals surface area contributed by atoms with Gasteiger partial charge in [-0.2, -0.15) is 0 Å². The fourth-order valence-electron chi connectivity index (χ4n) is 4.99. The molecule has 30 heavy (non-hydrogen) atoms. The van der Waals surface area contributed by atoms with Gasteiger partial charge in [0.25, 0.3) is 0 Å². The minimum atomic E-state index is -2.37. The molecule has 2 heteroatoms. The van der Waals surface area contributed by atoms with Crippen molar-refractivity contribution in [2.45, 2.75) is 44.6 Å². The number of hydrogen-bond acceptors (Lipinski definition) is 1. The van der Waals surface area contributed by atoms with E-state index >= 15 is 0 Å². The first-order valence-electron chi connectivity index (χ1n) is 10.8. The molecule has 0 spiro atoms. The van der Waals surface area contributed by atoms with Gasteiger partial charge < -0.3 is 0 Å². The minimum absolute atomic E-state index is 0.0216. The fraction of sp³-hybridized carbons (Fsp3) is 0.250. The molecule has 3 aromatic carbocycles. The topological polar surface area (TPSA) is 17.1 Å². The quantitative estimate of drug-likeness (QED) is 0.400. The molecule has 1 aliphatic rings. The normalized spacial score (nSPS) is 18.7. The third-order valence-electron chi connectivity index (χ3n) is 6.56. The van der Waals surface area contributed by atoms with E-state index in [4.69, 9.17) is 0 Å². The molecule has 0 N–H and O–H groups in total. The Bertz CT molecular complexity index is 991. The summed E-state index contributed by atoms with van der Waals surface area (Å²) in [4.78, 5) is 13.2. The first-order chi connectivity index (χ1) is 14.4. The van der Waals surface area contributed by atoms with E-state index in [1.807, 2.05) is 6.07 Å². The second kappa shape index (κ2) is 8.20. The van der Waals surface area contributed by atoms with Gasteiger partial charge in [0.1, 0.15) is 8.07 Å². The number of Topliss-reactive ketones (excluding diaryl/α,β-unsaturated/α-hetero) is 1. The van der Waals surface area contributed by atoms with Crippen LogP contribution in [-0.4, -0.2) is 13.9 Å². The van der Waals surface area contributed by atoms with Gasteiger partial charge in [0.2, 0.25) is 0 Å². The van der Waals surface area contributed by atoms with Gasteiger partial charge in [0.05, 0.1) is 0 Å². The third-order valence-corrected chi connectivity index (χ3v) is 12.2. The lowest BCUT2D eigenvalue weighted by Gasteiger charge is -2.42. The molecular weight excluding hydrogens is 380 g/mol. The zero-order chi connectivity index (χ0) is 21.2. The lowest BCUT2D eigenvalue weighted by atomic mass is 9.98. The van der Waals surface area contributed by atoms with Gasteiger partial charge >= 0.3 is 0 Å². The maximum Gasteiger partial charge on any atom is 0.158 e. The highest BCUT2D eigenvalue weighted by Crippen LogP contribution is 2.41. The molecule has 1 atom stereocenters. The predicted octanol–water partition coefficient (Wildman–Crippen LogP) is 5.66. The van der Waals surface area contributed by atoms with Crippen molar-refractivity contribution in [2.24, 2.45) is 0 Å². The van der Waals surface area contributed by atoms with Crippen LogP contribution in [0.25, 0.3) is 0 Å². The summed E-state index contributed by atoms with van der Waals surface area (Å²) >= 11 is 0. The van der Waals surface area contributed by atoms with Gasteiger partial charge in [-0.1, -0.05) is 117 Å². The van der Waals surface area contributed by atoms with Crippen LogP contribution in [-0.2, 0) is 4.79 Å². The van der Waals surface area contributed by atoms with Gasteiger partial charge in [-0.15, -0.1) is 0 Å². The van der Waals surface area contributed by atoms with E-state index < -0.39 is 8.07 Å². The summed E-state index contributed by atoms with van der Waals surface area (Å²) in [6, 6.07) is 32.2. The van der Waals surface area contributed by atoms with Gasteiger partial charge in [0.15, 0.2) is 5.78 Å². The Hall–Kier alpha value is -2.71. The second-order valence-electron chi connectivity index (χ2n) is 9.40. The standard InChI is InChI=1S/C28H30OSi/c1-28(2,3)30(25-15-9-5-10-16-25,26-17-11-6-12-18-26)21-24-19-23(20-27(24)29)22-13-7-4-8-14-22/h4-18,21,23H,19-20H2,1-3H3/b24-21+. The van der Waals surface area contributed by atoms with Crippen molar-refractivity contribution in [3.8, 4) is 0 Å². The van der Waals surface area contributed by atoms with E-state index in [1.54, 1.807) is 0 Å². The minimum Gasteiger partial charge on any atom is -0.295 e. The van der Waals surface area contributed by atoms with Crippen LogP contribution in [0.3, 0.4) is 0 Å². The molecule has 1 fully saturated rings. The summed E-state index contributed by atoms with van der Waals surface area (Å²) in [5, 5.41) is 2.76. The van der Waals surface area contributed by atoms with Crippen molar-refractivity contribution in [3.05, 3.63) is 108 Å². The predicted molar refractivity (Wildman–Crippen MR) is 129 cm³/mol. The number of rotatable bonds is 4. The maximum absolute atomic E-state index is 13.2. The molecule has 1 aliphatic carbocycles. The molecule has 0 heterocycles. The van der Waals surface area contributed by atoms with E-state index in [2.05, 4.69) is 111 Å². The molecule has 0 aromatic heterocycles. The van der Waals surface area contributed by atoms with Crippen LogP contribution in [0.4, 0.5) is 0 Å². The molecule has 4 rings (SSSR count). The monoisotopic (exact) mass is 410 g/mol. The third kappa shape index (κ3) is 3.72. The Labute approximate surface area is 181 Å². The van der Waals surface area contributed by atoms with Crippen LogP contribution in [0.5, 0.6) is 0 Å². The molecule has 0 radical (unpaired) electrons. The number of carbonyl (C=O) groups excluding carboxylic acids is 1. The Kier molecular flexibility index (Phi) is 5.62. The van der Waals surface area contributed by atoms with Crippen LogP contribution < -0.4 is 10.4 Å².